The van der Waals surface area contributed by atoms with E-state index in [4.69, 9.17) is 0 Å². The van der Waals surface area contributed by atoms with E-state index in [1.807, 2.05) is 12.4 Å². The zero-order chi connectivity index (χ0) is 11.0. The molecule has 0 radical (unpaired) electrons. The van der Waals surface area contributed by atoms with Crippen LogP contribution in [0.5, 0.6) is 0 Å². The van der Waals surface area contributed by atoms with Crippen LogP contribution >= 0.6 is 0 Å². The number of nitrogens with zero attached hydrogens (tertiary/aromatic N) is 2. The van der Waals surface area contributed by atoms with E-state index in [9.17, 15) is 0 Å². The van der Waals surface area contributed by atoms with E-state index >= 15 is 0 Å². The van der Waals surface area contributed by atoms with Gasteiger partial charge < -0.3 is 4.90 Å². The summed E-state index contributed by atoms with van der Waals surface area (Å²) in [5, 5.41) is 0. The Morgan fingerprint density at radius 1 is 1.12 bits per heavy atom. The molecule has 1 aromatic carbocycles. The molecule has 1 aliphatic rings. The largest absolute Gasteiger partial charge is 0.374 e. The van der Waals surface area contributed by atoms with Gasteiger partial charge in [0, 0.05) is 31.7 Å². The van der Waals surface area contributed by atoms with Crippen molar-refractivity contribution in [2.24, 2.45) is 0 Å². The molecule has 80 valence electrons. The van der Waals surface area contributed by atoms with E-state index in [2.05, 4.69) is 47.3 Å². The first-order valence-electron chi connectivity index (χ1n) is 5.60. The molecular weight excluding hydrogens is 196 g/mol. The van der Waals surface area contributed by atoms with Crippen LogP contribution in [-0.2, 0) is 6.42 Å². The van der Waals surface area contributed by atoms with E-state index in [1.165, 1.54) is 22.4 Å². The van der Waals surface area contributed by atoms with Gasteiger partial charge in [-0.1, -0.05) is 12.1 Å². The predicted octanol–water partition coefficient (Wildman–Crippen LogP) is 2.74. The zero-order valence-corrected chi connectivity index (χ0v) is 9.35. The number of rotatable bonds is 1. The minimum atomic E-state index is 1.12. The van der Waals surface area contributed by atoms with Crippen molar-refractivity contribution in [3.8, 4) is 11.1 Å². The summed E-state index contributed by atoms with van der Waals surface area (Å²) in [6, 6.07) is 10.7. The standard InChI is InChI=1S/C14H14N2/c1-16-10-7-13-12(3-2-4-14(13)16)11-5-8-15-9-6-11/h2-6,8-9H,7,10H2,1H3. The minimum Gasteiger partial charge on any atom is -0.374 e. The van der Waals surface area contributed by atoms with Crippen LogP contribution in [0.15, 0.2) is 42.7 Å². The summed E-state index contributed by atoms with van der Waals surface area (Å²) < 4.78 is 0. The molecule has 16 heavy (non-hydrogen) atoms. The SMILES string of the molecule is CN1CCc2c(-c3ccncc3)cccc21. The van der Waals surface area contributed by atoms with Crippen molar-refractivity contribution < 1.29 is 0 Å². The minimum absolute atomic E-state index is 1.12. The fraction of sp³-hybridized carbons (Fsp3) is 0.214. The lowest BCUT2D eigenvalue weighted by atomic mass is 9.99. The Morgan fingerprint density at radius 2 is 1.94 bits per heavy atom. The fourth-order valence-electron chi connectivity index (χ4n) is 2.40. The molecule has 3 rings (SSSR count). The summed E-state index contributed by atoms with van der Waals surface area (Å²) in [7, 11) is 2.15. The number of benzene rings is 1. The van der Waals surface area contributed by atoms with Crippen LogP contribution in [-0.4, -0.2) is 18.6 Å². The molecule has 2 nitrogen and oxygen atoms in total. The average molecular weight is 210 g/mol. The van der Waals surface area contributed by atoms with Crippen molar-refractivity contribution in [2.45, 2.75) is 6.42 Å². The third-order valence-electron chi connectivity index (χ3n) is 3.25. The Bertz CT molecular complexity index is 505. The van der Waals surface area contributed by atoms with Crippen molar-refractivity contribution in [3.63, 3.8) is 0 Å². The Balaban J connectivity index is 2.17. The molecule has 2 heterocycles. The molecule has 0 amide bonds. The van der Waals surface area contributed by atoms with Crippen LogP contribution in [0.25, 0.3) is 11.1 Å². The summed E-state index contributed by atoms with van der Waals surface area (Å²) in [5.74, 6) is 0. The van der Waals surface area contributed by atoms with Gasteiger partial charge in [-0.15, -0.1) is 0 Å². The topological polar surface area (TPSA) is 16.1 Å². The first-order chi connectivity index (χ1) is 7.86. The number of fused-ring (bicyclic) bond motifs is 1. The molecule has 0 saturated carbocycles. The van der Waals surface area contributed by atoms with Gasteiger partial charge >= 0.3 is 0 Å². The molecule has 2 heteroatoms. The molecule has 0 unspecified atom stereocenters. The zero-order valence-electron chi connectivity index (χ0n) is 9.35. The molecule has 1 aliphatic heterocycles. The highest BCUT2D eigenvalue weighted by molar-refractivity contribution is 5.76. The highest BCUT2D eigenvalue weighted by Gasteiger charge is 2.18. The van der Waals surface area contributed by atoms with E-state index in [1.54, 1.807) is 0 Å². The number of aromatic nitrogens is 1. The lowest BCUT2D eigenvalue weighted by Crippen LogP contribution is -2.12. The molecule has 0 spiro atoms. The first-order valence-corrected chi connectivity index (χ1v) is 5.60. The Labute approximate surface area is 95.6 Å². The second-order valence-corrected chi connectivity index (χ2v) is 4.21. The van der Waals surface area contributed by atoms with E-state index in [0.29, 0.717) is 0 Å². The van der Waals surface area contributed by atoms with Crippen molar-refractivity contribution in [1.29, 1.82) is 0 Å². The summed E-state index contributed by atoms with van der Waals surface area (Å²) in [6.45, 7) is 1.12. The molecule has 0 N–H and O–H groups in total. The summed E-state index contributed by atoms with van der Waals surface area (Å²) in [6.07, 6.45) is 4.85. The lowest BCUT2D eigenvalue weighted by molar-refractivity contribution is 0.956. The molecule has 0 saturated heterocycles. The van der Waals surface area contributed by atoms with Crippen LogP contribution < -0.4 is 4.90 Å². The highest BCUT2D eigenvalue weighted by atomic mass is 15.1. The van der Waals surface area contributed by atoms with Crippen molar-refractivity contribution in [2.75, 3.05) is 18.5 Å². The number of anilines is 1. The number of likely N-dealkylation sites (N-methyl/N-ethyl adjacent to an activating group) is 1. The van der Waals surface area contributed by atoms with Crippen molar-refractivity contribution >= 4 is 5.69 Å². The quantitative estimate of drug-likeness (QED) is 0.719. The van der Waals surface area contributed by atoms with E-state index in [0.717, 1.165) is 13.0 Å². The Hall–Kier alpha value is -1.83. The third kappa shape index (κ3) is 1.38. The maximum Gasteiger partial charge on any atom is 0.0403 e. The molecular formula is C14H14N2. The third-order valence-corrected chi connectivity index (χ3v) is 3.25. The van der Waals surface area contributed by atoms with E-state index < -0.39 is 0 Å². The van der Waals surface area contributed by atoms with Gasteiger partial charge in [0.1, 0.15) is 0 Å². The maximum atomic E-state index is 4.07. The Morgan fingerprint density at radius 3 is 2.75 bits per heavy atom. The smallest absolute Gasteiger partial charge is 0.0403 e. The van der Waals surface area contributed by atoms with E-state index in [-0.39, 0.29) is 0 Å². The number of hydrogen-bond acceptors (Lipinski definition) is 2. The summed E-state index contributed by atoms with van der Waals surface area (Å²) in [4.78, 5) is 6.39. The van der Waals surface area contributed by atoms with Crippen LogP contribution in [0.4, 0.5) is 5.69 Å². The molecule has 2 aromatic rings. The van der Waals surface area contributed by atoms with Gasteiger partial charge in [-0.3, -0.25) is 4.98 Å². The van der Waals surface area contributed by atoms with Crippen LogP contribution in [0.3, 0.4) is 0 Å². The van der Waals surface area contributed by atoms with Crippen molar-refractivity contribution in [3.05, 3.63) is 48.3 Å². The maximum absolute atomic E-state index is 4.07. The van der Waals surface area contributed by atoms with Gasteiger partial charge in [-0.25, -0.2) is 0 Å². The predicted molar refractivity (Wildman–Crippen MR) is 66.6 cm³/mol. The highest BCUT2D eigenvalue weighted by Crippen LogP contribution is 2.34. The monoisotopic (exact) mass is 210 g/mol. The second-order valence-electron chi connectivity index (χ2n) is 4.21. The molecule has 0 bridgehead atoms. The van der Waals surface area contributed by atoms with Crippen LogP contribution in [0, 0.1) is 0 Å². The summed E-state index contributed by atoms with van der Waals surface area (Å²) >= 11 is 0. The average Bonchev–Trinajstić information content (AvgIpc) is 2.73. The second kappa shape index (κ2) is 3.63. The van der Waals surface area contributed by atoms with Gasteiger partial charge in [-0.05, 0) is 41.3 Å². The van der Waals surface area contributed by atoms with Crippen LogP contribution in [0.2, 0.25) is 0 Å². The Kier molecular flexibility index (Phi) is 2.13. The van der Waals surface area contributed by atoms with Gasteiger partial charge in [0.15, 0.2) is 0 Å². The van der Waals surface area contributed by atoms with Gasteiger partial charge in [0.2, 0.25) is 0 Å². The van der Waals surface area contributed by atoms with Crippen molar-refractivity contribution in [1.82, 2.24) is 4.98 Å². The number of pyridine rings is 1. The molecule has 0 aliphatic carbocycles. The van der Waals surface area contributed by atoms with Crippen LogP contribution in [0.1, 0.15) is 5.56 Å². The van der Waals surface area contributed by atoms with Gasteiger partial charge in [0.05, 0.1) is 0 Å². The molecule has 0 fully saturated rings. The van der Waals surface area contributed by atoms with Gasteiger partial charge in [0.25, 0.3) is 0 Å². The lowest BCUT2D eigenvalue weighted by Gasteiger charge is -2.13. The summed E-state index contributed by atoms with van der Waals surface area (Å²) in [5.41, 5.74) is 5.46. The molecule has 0 atom stereocenters. The first kappa shape index (κ1) is 9.40. The van der Waals surface area contributed by atoms with Gasteiger partial charge in [-0.2, -0.15) is 0 Å². The number of hydrogen-bond donors (Lipinski definition) is 0. The molecule has 1 aromatic heterocycles. The normalized spacial score (nSPS) is 13.9. The fourth-order valence-corrected chi connectivity index (χ4v) is 2.40.